The molecule has 7 heteroatoms. The minimum Gasteiger partial charge on any atom is -0.445 e. The highest BCUT2D eigenvalue weighted by atomic mass is 35.5. The van der Waals surface area contributed by atoms with Crippen LogP contribution in [0.1, 0.15) is 49.9 Å². The summed E-state index contributed by atoms with van der Waals surface area (Å²) in [6, 6.07) is 13.6. The van der Waals surface area contributed by atoms with Crippen LogP contribution in [0, 0.1) is 13.8 Å². The Morgan fingerprint density at radius 2 is 1.62 bits per heavy atom. The SMILES string of the molecule is Cc1cc(C=C(CNC(=O)OCc2ccccc2)B2OC(C)(C)C(C)(C)O2)cc(C)c1Cl. The summed E-state index contributed by atoms with van der Waals surface area (Å²) in [6.07, 6.45) is 1.48. The van der Waals surface area contributed by atoms with E-state index < -0.39 is 24.4 Å². The van der Waals surface area contributed by atoms with E-state index in [0.717, 1.165) is 32.7 Å². The second-order valence-electron chi connectivity index (χ2n) is 9.19. The standard InChI is InChI=1S/C25H31BClNO4/c1-17-12-20(13-18(2)22(17)27)14-21(26-31-24(3,4)25(5,6)32-26)15-28-23(29)30-16-19-10-8-7-9-11-19/h7-14H,15-16H2,1-6H3,(H,28,29). The van der Waals surface area contributed by atoms with Crippen LogP contribution in [0.2, 0.25) is 5.02 Å². The molecule has 170 valence electrons. The number of amides is 1. The summed E-state index contributed by atoms with van der Waals surface area (Å²) >= 11 is 6.33. The molecule has 2 aromatic carbocycles. The van der Waals surface area contributed by atoms with Gasteiger partial charge >= 0.3 is 13.2 Å². The predicted octanol–water partition coefficient (Wildman–Crippen LogP) is 5.90. The van der Waals surface area contributed by atoms with Crippen molar-refractivity contribution >= 4 is 30.9 Å². The molecule has 3 rings (SSSR count). The molecule has 1 fully saturated rings. The molecule has 0 saturated carbocycles. The first-order chi connectivity index (χ1) is 15.0. The Morgan fingerprint density at radius 1 is 1.06 bits per heavy atom. The predicted molar refractivity (Wildman–Crippen MR) is 130 cm³/mol. The number of hydrogen-bond acceptors (Lipinski definition) is 4. The lowest BCUT2D eigenvalue weighted by atomic mass is 9.77. The molecule has 1 aliphatic rings. The van der Waals surface area contributed by atoms with Crippen LogP contribution < -0.4 is 5.32 Å². The van der Waals surface area contributed by atoms with E-state index in [4.69, 9.17) is 25.6 Å². The zero-order valence-corrected chi connectivity index (χ0v) is 20.4. The van der Waals surface area contributed by atoms with Gasteiger partial charge in [0.25, 0.3) is 0 Å². The van der Waals surface area contributed by atoms with Crippen LogP contribution in [0.25, 0.3) is 6.08 Å². The van der Waals surface area contributed by atoms with E-state index in [-0.39, 0.29) is 13.2 Å². The number of nitrogens with one attached hydrogen (secondary N) is 1. The fourth-order valence-electron chi connectivity index (χ4n) is 3.42. The summed E-state index contributed by atoms with van der Waals surface area (Å²) in [6.45, 7) is 12.4. The van der Waals surface area contributed by atoms with Crippen molar-refractivity contribution in [1.82, 2.24) is 5.32 Å². The smallest absolute Gasteiger partial charge is 0.445 e. The fourth-order valence-corrected chi connectivity index (χ4v) is 3.53. The highest BCUT2D eigenvalue weighted by Crippen LogP contribution is 2.39. The van der Waals surface area contributed by atoms with Crippen molar-refractivity contribution in [3.63, 3.8) is 0 Å². The maximum absolute atomic E-state index is 12.3. The van der Waals surface area contributed by atoms with Gasteiger partial charge in [-0.2, -0.15) is 0 Å². The third-order valence-corrected chi connectivity index (χ3v) is 6.61. The molecule has 0 aromatic heterocycles. The first-order valence-electron chi connectivity index (χ1n) is 10.8. The van der Waals surface area contributed by atoms with Crippen molar-refractivity contribution < 1.29 is 18.8 Å². The number of carbonyl (C=O) groups is 1. The Labute approximate surface area is 196 Å². The Bertz CT molecular complexity index is 965. The van der Waals surface area contributed by atoms with Crippen LogP contribution in [-0.4, -0.2) is 31.0 Å². The zero-order valence-electron chi connectivity index (χ0n) is 19.6. The number of rotatable bonds is 6. The Balaban J connectivity index is 1.77. The first kappa shape index (κ1) is 24.4. The molecule has 5 nitrogen and oxygen atoms in total. The highest BCUT2D eigenvalue weighted by molar-refractivity contribution is 6.56. The van der Waals surface area contributed by atoms with Gasteiger partial charge in [0.2, 0.25) is 0 Å². The minimum atomic E-state index is -0.592. The number of aryl methyl sites for hydroxylation is 2. The lowest BCUT2D eigenvalue weighted by molar-refractivity contribution is 0.00578. The average Bonchev–Trinajstić information content (AvgIpc) is 2.95. The van der Waals surface area contributed by atoms with Crippen LogP contribution in [0.4, 0.5) is 4.79 Å². The van der Waals surface area contributed by atoms with Crippen LogP contribution in [0.5, 0.6) is 0 Å². The molecule has 32 heavy (non-hydrogen) atoms. The summed E-state index contributed by atoms with van der Waals surface area (Å²) in [5.74, 6) is 0. The zero-order chi connectivity index (χ0) is 23.5. The van der Waals surface area contributed by atoms with Gasteiger partial charge in [0.1, 0.15) is 6.61 Å². The van der Waals surface area contributed by atoms with Gasteiger partial charge < -0.3 is 19.4 Å². The van der Waals surface area contributed by atoms with Crippen molar-refractivity contribution in [1.29, 1.82) is 0 Å². The van der Waals surface area contributed by atoms with E-state index >= 15 is 0 Å². The Hall–Kier alpha value is -2.28. The molecule has 0 bridgehead atoms. The number of hydrogen-bond donors (Lipinski definition) is 1. The molecule has 1 saturated heterocycles. The summed E-state index contributed by atoms with van der Waals surface area (Å²) in [5.41, 5.74) is 3.68. The fraction of sp³-hybridized carbons (Fsp3) is 0.400. The van der Waals surface area contributed by atoms with Gasteiger partial charge in [-0.05, 0) is 69.3 Å². The molecule has 0 atom stereocenters. The lowest BCUT2D eigenvalue weighted by Gasteiger charge is -2.32. The number of benzene rings is 2. The first-order valence-corrected chi connectivity index (χ1v) is 11.1. The van der Waals surface area contributed by atoms with Crippen LogP contribution in [0.15, 0.2) is 47.9 Å². The summed E-state index contributed by atoms with van der Waals surface area (Å²) < 4.78 is 17.8. The van der Waals surface area contributed by atoms with Gasteiger partial charge in [0.15, 0.2) is 0 Å². The molecule has 0 spiro atoms. The van der Waals surface area contributed by atoms with Gasteiger partial charge in [-0.1, -0.05) is 60.1 Å². The van der Waals surface area contributed by atoms with E-state index in [1.165, 1.54) is 0 Å². The Morgan fingerprint density at radius 3 is 2.19 bits per heavy atom. The lowest BCUT2D eigenvalue weighted by Crippen LogP contribution is -2.41. The van der Waals surface area contributed by atoms with Crippen molar-refractivity contribution in [3.05, 3.63) is 75.2 Å². The molecule has 2 aromatic rings. The van der Waals surface area contributed by atoms with Gasteiger partial charge in [0.05, 0.1) is 11.2 Å². The topological polar surface area (TPSA) is 56.8 Å². The van der Waals surface area contributed by atoms with Gasteiger partial charge in [0, 0.05) is 11.6 Å². The molecule has 0 radical (unpaired) electrons. The molecule has 1 aliphatic heterocycles. The quantitative estimate of drug-likeness (QED) is 0.551. The van der Waals surface area contributed by atoms with Gasteiger partial charge in [-0.25, -0.2) is 4.79 Å². The van der Waals surface area contributed by atoms with Crippen LogP contribution in [-0.2, 0) is 20.7 Å². The van der Waals surface area contributed by atoms with Crippen molar-refractivity contribution in [2.75, 3.05) is 6.54 Å². The second kappa shape index (κ2) is 9.69. The highest BCUT2D eigenvalue weighted by Gasteiger charge is 2.52. The third-order valence-electron chi connectivity index (χ3n) is 6.02. The third kappa shape index (κ3) is 5.74. The molecule has 1 heterocycles. The maximum atomic E-state index is 12.3. The monoisotopic (exact) mass is 455 g/mol. The minimum absolute atomic E-state index is 0.206. The molecule has 0 unspecified atom stereocenters. The van der Waals surface area contributed by atoms with Crippen LogP contribution >= 0.6 is 11.6 Å². The van der Waals surface area contributed by atoms with Crippen molar-refractivity contribution in [2.45, 2.75) is 59.4 Å². The second-order valence-corrected chi connectivity index (χ2v) is 9.57. The average molecular weight is 456 g/mol. The molecule has 1 N–H and O–H groups in total. The van der Waals surface area contributed by atoms with E-state index in [9.17, 15) is 4.79 Å². The molecular formula is C25H31BClNO4. The largest absolute Gasteiger partial charge is 0.492 e. The number of ether oxygens (including phenoxy) is 1. The van der Waals surface area contributed by atoms with Gasteiger partial charge in [-0.15, -0.1) is 0 Å². The van der Waals surface area contributed by atoms with E-state index in [1.807, 2.05) is 90.1 Å². The van der Waals surface area contributed by atoms with E-state index in [1.54, 1.807) is 0 Å². The molecule has 1 amide bonds. The van der Waals surface area contributed by atoms with Crippen molar-refractivity contribution in [2.24, 2.45) is 0 Å². The summed E-state index contributed by atoms with van der Waals surface area (Å²) in [7, 11) is -0.592. The maximum Gasteiger partial charge on any atom is 0.492 e. The number of halogens is 1. The van der Waals surface area contributed by atoms with E-state index in [0.29, 0.717) is 0 Å². The van der Waals surface area contributed by atoms with Crippen molar-refractivity contribution in [3.8, 4) is 0 Å². The Kier molecular flexibility index (Phi) is 7.38. The summed E-state index contributed by atoms with van der Waals surface area (Å²) in [5, 5.41) is 3.58. The number of carbonyl (C=O) groups excluding carboxylic acids is 1. The van der Waals surface area contributed by atoms with E-state index in [2.05, 4.69) is 5.32 Å². The molecule has 0 aliphatic carbocycles. The normalized spacial score (nSPS) is 17.3. The van der Waals surface area contributed by atoms with Crippen LogP contribution in [0.3, 0.4) is 0 Å². The number of alkyl carbamates (subject to hydrolysis) is 1. The van der Waals surface area contributed by atoms with Gasteiger partial charge in [-0.3, -0.25) is 0 Å². The molecular weight excluding hydrogens is 425 g/mol. The summed E-state index contributed by atoms with van der Waals surface area (Å²) in [4.78, 5) is 12.3.